The van der Waals surface area contributed by atoms with Crippen molar-refractivity contribution in [3.63, 3.8) is 0 Å². The van der Waals surface area contributed by atoms with E-state index in [0.29, 0.717) is 5.57 Å². The van der Waals surface area contributed by atoms with E-state index in [2.05, 4.69) is 17.3 Å². The molecule has 0 amide bonds. The van der Waals surface area contributed by atoms with Crippen molar-refractivity contribution < 1.29 is 9.63 Å². The standard InChI is InChI=1S/C4H7NO2.C3H9N/c1-3(2)4(6)7-5;1-4(2)3/h1,5H2,2H3;1-3H3. The van der Waals surface area contributed by atoms with Crippen LogP contribution in [0.25, 0.3) is 0 Å². The minimum Gasteiger partial charge on any atom is -0.370 e. The fourth-order valence-electron chi connectivity index (χ4n) is 0.101. The van der Waals surface area contributed by atoms with E-state index in [9.17, 15) is 4.79 Å². The summed E-state index contributed by atoms with van der Waals surface area (Å²) in [7, 11) is 6.00. The van der Waals surface area contributed by atoms with Crippen LogP contribution in [0.2, 0.25) is 0 Å². The van der Waals surface area contributed by atoms with E-state index in [1.54, 1.807) is 0 Å². The van der Waals surface area contributed by atoms with Crippen molar-refractivity contribution in [1.82, 2.24) is 4.90 Å². The van der Waals surface area contributed by atoms with Gasteiger partial charge in [-0.1, -0.05) is 6.58 Å². The molecule has 0 aliphatic rings. The lowest BCUT2D eigenvalue weighted by atomic mass is 10.4. The first-order chi connectivity index (χ1) is 4.91. The average Bonchev–Trinajstić information content (AvgIpc) is 1.85. The average molecular weight is 160 g/mol. The van der Waals surface area contributed by atoms with Crippen molar-refractivity contribution in [2.45, 2.75) is 6.92 Å². The molecule has 0 heterocycles. The van der Waals surface area contributed by atoms with E-state index in [1.165, 1.54) is 6.92 Å². The van der Waals surface area contributed by atoms with Gasteiger partial charge in [0.05, 0.1) is 0 Å². The summed E-state index contributed by atoms with van der Waals surface area (Å²) in [6, 6.07) is 0. The maximum atomic E-state index is 10.1. The third-order valence-electron chi connectivity index (χ3n) is 0.455. The van der Waals surface area contributed by atoms with Crippen molar-refractivity contribution >= 4 is 5.97 Å². The molecular formula is C7H16N2O2. The molecular weight excluding hydrogens is 144 g/mol. The number of nitrogens with two attached hydrogens (primary N) is 1. The SMILES string of the molecule is C=C(C)C(=O)ON.CN(C)C. The third kappa shape index (κ3) is 17.6. The monoisotopic (exact) mass is 160 g/mol. The molecule has 2 N–H and O–H groups in total. The highest BCUT2D eigenvalue weighted by atomic mass is 16.7. The second kappa shape index (κ2) is 7.24. The molecule has 4 heteroatoms. The van der Waals surface area contributed by atoms with E-state index in [-0.39, 0.29) is 0 Å². The van der Waals surface area contributed by atoms with Gasteiger partial charge in [-0.15, -0.1) is 0 Å². The van der Waals surface area contributed by atoms with Crippen LogP contribution in [0, 0.1) is 0 Å². The second-order valence-electron chi connectivity index (χ2n) is 2.53. The molecule has 0 aromatic heterocycles. The lowest BCUT2D eigenvalue weighted by Crippen LogP contribution is -2.09. The van der Waals surface area contributed by atoms with Gasteiger partial charge in [-0.25, -0.2) is 4.79 Å². The Bertz CT molecular complexity index is 130. The second-order valence-corrected chi connectivity index (χ2v) is 2.53. The molecule has 0 aromatic rings. The first-order valence-electron chi connectivity index (χ1n) is 3.09. The lowest BCUT2D eigenvalue weighted by Gasteiger charge is -1.90. The van der Waals surface area contributed by atoms with Crippen LogP contribution in [-0.2, 0) is 9.63 Å². The summed E-state index contributed by atoms with van der Waals surface area (Å²) in [4.78, 5) is 15.8. The minimum atomic E-state index is -0.569. The Morgan fingerprint density at radius 3 is 1.73 bits per heavy atom. The predicted molar refractivity (Wildman–Crippen MR) is 44.7 cm³/mol. The number of hydrogen-bond donors (Lipinski definition) is 1. The van der Waals surface area contributed by atoms with Crippen molar-refractivity contribution in [2.24, 2.45) is 5.90 Å². The molecule has 66 valence electrons. The van der Waals surface area contributed by atoms with Gasteiger partial charge in [0.15, 0.2) is 0 Å². The van der Waals surface area contributed by atoms with Crippen molar-refractivity contribution in [2.75, 3.05) is 21.1 Å². The summed E-state index contributed by atoms with van der Waals surface area (Å²) < 4.78 is 0. The zero-order chi connectivity index (χ0) is 9.44. The zero-order valence-electron chi connectivity index (χ0n) is 7.55. The van der Waals surface area contributed by atoms with Gasteiger partial charge in [0.2, 0.25) is 0 Å². The Balaban J connectivity index is 0. The highest BCUT2D eigenvalue weighted by molar-refractivity contribution is 5.86. The van der Waals surface area contributed by atoms with E-state index in [0.717, 1.165) is 0 Å². The molecule has 0 atom stereocenters. The molecule has 0 aliphatic carbocycles. The van der Waals surface area contributed by atoms with Crippen LogP contribution in [0.15, 0.2) is 12.2 Å². The van der Waals surface area contributed by atoms with Gasteiger partial charge in [-0.05, 0) is 28.1 Å². The molecule has 0 saturated carbocycles. The Morgan fingerprint density at radius 2 is 1.73 bits per heavy atom. The predicted octanol–water partition coefficient (Wildman–Crippen LogP) is 0.157. The normalized spacial score (nSPS) is 8.18. The van der Waals surface area contributed by atoms with E-state index in [1.807, 2.05) is 26.0 Å². The first kappa shape index (κ1) is 12.8. The van der Waals surface area contributed by atoms with Gasteiger partial charge in [-0.3, -0.25) is 0 Å². The molecule has 11 heavy (non-hydrogen) atoms. The van der Waals surface area contributed by atoms with Crippen LogP contribution in [0.1, 0.15) is 6.92 Å². The molecule has 0 aliphatic heterocycles. The van der Waals surface area contributed by atoms with Crippen LogP contribution >= 0.6 is 0 Å². The van der Waals surface area contributed by atoms with Crippen LogP contribution in [0.4, 0.5) is 0 Å². The molecule has 0 bridgehead atoms. The zero-order valence-corrected chi connectivity index (χ0v) is 7.55. The van der Waals surface area contributed by atoms with Crippen molar-refractivity contribution in [3.05, 3.63) is 12.2 Å². The van der Waals surface area contributed by atoms with Gasteiger partial charge >= 0.3 is 5.97 Å². The molecule has 4 nitrogen and oxygen atoms in total. The van der Waals surface area contributed by atoms with Gasteiger partial charge in [0.1, 0.15) is 0 Å². The largest absolute Gasteiger partial charge is 0.370 e. The smallest absolute Gasteiger partial charge is 0.351 e. The summed E-state index contributed by atoms with van der Waals surface area (Å²) in [5.41, 5.74) is 0.308. The van der Waals surface area contributed by atoms with Crippen LogP contribution in [0.5, 0.6) is 0 Å². The number of rotatable bonds is 1. The lowest BCUT2D eigenvalue weighted by molar-refractivity contribution is -0.139. The van der Waals surface area contributed by atoms with Gasteiger partial charge in [-0.2, -0.15) is 5.90 Å². The Labute approximate surface area is 67.6 Å². The highest BCUT2D eigenvalue weighted by Crippen LogP contribution is 1.85. The van der Waals surface area contributed by atoms with Crippen LogP contribution < -0.4 is 5.90 Å². The van der Waals surface area contributed by atoms with E-state index in [4.69, 9.17) is 0 Å². The molecule has 0 saturated heterocycles. The topological polar surface area (TPSA) is 55.6 Å². The van der Waals surface area contributed by atoms with Crippen molar-refractivity contribution in [3.8, 4) is 0 Å². The Morgan fingerprint density at radius 1 is 1.45 bits per heavy atom. The molecule has 0 aromatic carbocycles. The quantitative estimate of drug-likeness (QED) is 0.438. The third-order valence-corrected chi connectivity index (χ3v) is 0.455. The number of hydrogen-bond acceptors (Lipinski definition) is 4. The molecule has 0 unspecified atom stereocenters. The Kier molecular flexibility index (Phi) is 8.41. The van der Waals surface area contributed by atoms with Gasteiger partial charge < -0.3 is 9.74 Å². The van der Waals surface area contributed by atoms with Gasteiger partial charge in [0.25, 0.3) is 0 Å². The van der Waals surface area contributed by atoms with Gasteiger partial charge in [0, 0.05) is 5.57 Å². The maximum Gasteiger partial charge on any atom is 0.351 e. The molecule has 0 radical (unpaired) electrons. The number of nitrogens with zero attached hydrogens (tertiary/aromatic N) is 1. The Hall–Kier alpha value is -0.870. The molecule has 0 rings (SSSR count). The summed E-state index contributed by atoms with van der Waals surface area (Å²) >= 11 is 0. The maximum absolute atomic E-state index is 10.1. The summed E-state index contributed by atoms with van der Waals surface area (Å²) in [5.74, 6) is 3.89. The van der Waals surface area contributed by atoms with E-state index >= 15 is 0 Å². The van der Waals surface area contributed by atoms with Crippen LogP contribution in [-0.4, -0.2) is 32.0 Å². The number of carbonyl (C=O) groups is 1. The first-order valence-corrected chi connectivity index (χ1v) is 3.09. The minimum absolute atomic E-state index is 0.308. The van der Waals surface area contributed by atoms with Crippen molar-refractivity contribution in [1.29, 1.82) is 0 Å². The fraction of sp³-hybridized carbons (Fsp3) is 0.571. The van der Waals surface area contributed by atoms with Crippen LogP contribution in [0.3, 0.4) is 0 Å². The summed E-state index contributed by atoms with van der Waals surface area (Å²) in [5, 5.41) is 0. The fourth-order valence-corrected chi connectivity index (χ4v) is 0.101. The highest BCUT2D eigenvalue weighted by Gasteiger charge is 1.96. The summed E-state index contributed by atoms with van der Waals surface area (Å²) in [6.45, 7) is 4.79. The molecule has 0 spiro atoms. The summed E-state index contributed by atoms with van der Waals surface area (Å²) in [6.07, 6.45) is 0. The molecule has 0 fully saturated rings. The van der Waals surface area contributed by atoms with E-state index < -0.39 is 5.97 Å². The number of carbonyl (C=O) groups excluding carboxylic acids is 1.